The number of anilines is 1. The van der Waals surface area contributed by atoms with E-state index in [-0.39, 0.29) is 28.7 Å². The molecule has 0 radical (unpaired) electrons. The van der Waals surface area contributed by atoms with Crippen molar-refractivity contribution in [3.63, 3.8) is 0 Å². The number of rotatable bonds is 8. The molecule has 0 saturated carbocycles. The standard InChI is InChI=1S/C20H23N3O4S/c1-13(2)19(24)22-16-6-4-15(5-7-16)12-21-20(25)14(3)28-18-10-8-17(9-11-18)23(26)27/h4-11,13-14H,12H2,1-3H3,(H,21,25)(H,22,24). The lowest BCUT2D eigenvalue weighted by Crippen LogP contribution is -2.30. The van der Waals surface area contributed by atoms with Crippen molar-refractivity contribution in [2.75, 3.05) is 5.32 Å². The van der Waals surface area contributed by atoms with Crippen LogP contribution in [-0.4, -0.2) is 22.0 Å². The van der Waals surface area contributed by atoms with Crippen LogP contribution in [0.3, 0.4) is 0 Å². The summed E-state index contributed by atoms with van der Waals surface area (Å²) in [7, 11) is 0. The number of thioether (sulfide) groups is 1. The van der Waals surface area contributed by atoms with E-state index in [1.165, 1.54) is 23.9 Å². The Hall–Kier alpha value is -2.87. The van der Waals surface area contributed by atoms with Crippen LogP contribution in [-0.2, 0) is 16.1 Å². The van der Waals surface area contributed by atoms with Crippen molar-refractivity contribution >= 4 is 35.0 Å². The van der Waals surface area contributed by atoms with Crippen molar-refractivity contribution in [2.45, 2.75) is 37.5 Å². The summed E-state index contributed by atoms with van der Waals surface area (Å²) in [5.41, 5.74) is 1.66. The highest BCUT2D eigenvalue weighted by atomic mass is 32.2. The molecule has 8 heteroatoms. The Labute approximate surface area is 168 Å². The predicted molar refractivity (Wildman–Crippen MR) is 110 cm³/mol. The number of hydrogen-bond acceptors (Lipinski definition) is 5. The smallest absolute Gasteiger partial charge is 0.269 e. The third-order valence-corrected chi connectivity index (χ3v) is 5.05. The highest BCUT2D eigenvalue weighted by Crippen LogP contribution is 2.25. The maximum absolute atomic E-state index is 12.3. The summed E-state index contributed by atoms with van der Waals surface area (Å²) in [4.78, 5) is 35.0. The minimum Gasteiger partial charge on any atom is -0.351 e. The van der Waals surface area contributed by atoms with Gasteiger partial charge in [0, 0.05) is 35.2 Å². The second-order valence-corrected chi connectivity index (χ2v) is 7.98. The van der Waals surface area contributed by atoms with Gasteiger partial charge >= 0.3 is 0 Å². The number of carbonyl (C=O) groups excluding carboxylic acids is 2. The van der Waals surface area contributed by atoms with Gasteiger partial charge in [-0.05, 0) is 36.8 Å². The molecule has 2 aromatic rings. The van der Waals surface area contributed by atoms with Crippen LogP contribution < -0.4 is 10.6 Å². The van der Waals surface area contributed by atoms with Gasteiger partial charge in [-0.2, -0.15) is 0 Å². The predicted octanol–water partition coefficient (Wildman–Crippen LogP) is 3.99. The lowest BCUT2D eigenvalue weighted by atomic mass is 10.1. The first-order chi connectivity index (χ1) is 13.3. The molecule has 148 valence electrons. The van der Waals surface area contributed by atoms with Gasteiger partial charge in [0.05, 0.1) is 10.2 Å². The molecule has 2 rings (SSSR count). The van der Waals surface area contributed by atoms with Crippen LogP contribution in [0.4, 0.5) is 11.4 Å². The van der Waals surface area contributed by atoms with Crippen molar-refractivity contribution in [2.24, 2.45) is 5.92 Å². The number of nitro benzene ring substituents is 1. The molecule has 0 heterocycles. The largest absolute Gasteiger partial charge is 0.351 e. The minimum atomic E-state index is -0.454. The molecule has 0 bridgehead atoms. The van der Waals surface area contributed by atoms with E-state index in [1.54, 1.807) is 31.2 Å². The lowest BCUT2D eigenvalue weighted by Gasteiger charge is -2.12. The maximum Gasteiger partial charge on any atom is 0.269 e. The molecular formula is C20H23N3O4S. The summed E-state index contributed by atoms with van der Waals surface area (Å²) in [6, 6.07) is 13.4. The van der Waals surface area contributed by atoms with Gasteiger partial charge in [0.1, 0.15) is 0 Å². The number of non-ortho nitro benzene ring substituents is 1. The summed E-state index contributed by atoms with van der Waals surface area (Å²) in [6.45, 7) is 5.82. The molecule has 1 unspecified atom stereocenters. The van der Waals surface area contributed by atoms with Crippen molar-refractivity contribution in [1.82, 2.24) is 5.32 Å². The zero-order valence-corrected chi connectivity index (χ0v) is 16.8. The molecule has 0 saturated heterocycles. The highest BCUT2D eigenvalue weighted by molar-refractivity contribution is 8.00. The van der Waals surface area contributed by atoms with Crippen LogP contribution in [0.15, 0.2) is 53.4 Å². The summed E-state index contributed by atoms with van der Waals surface area (Å²) in [5, 5.41) is 16.0. The fraction of sp³-hybridized carbons (Fsp3) is 0.300. The van der Waals surface area contributed by atoms with E-state index in [1.807, 2.05) is 26.0 Å². The second-order valence-electron chi connectivity index (χ2n) is 6.57. The van der Waals surface area contributed by atoms with Crippen LogP contribution in [0.1, 0.15) is 26.3 Å². The number of benzene rings is 2. The van der Waals surface area contributed by atoms with Gasteiger partial charge < -0.3 is 10.6 Å². The summed E-state index contributed by atoms with van der Waals surface area (Å²) < 4.78 is 0. The van der Waals surface area contributed by atoms with Crippen LogP contribution in [0.2, 0.25) is 0 Å². The Morgan fingerprint density at radius 1 is 1.00 bits per heavy atom. The molecule has 2 aromatic carbocycles. The maximum atomic E-state index is 12.3. The van der Waals surface area contributed by atoms with Crippen LogP contribution in [0, 0.1) is 16.0 Å². The van der Waals surface area contributed by atoms with Crippen molar-refractivity contribution in [1.29, 1.82) is 0 Å². The fourth-order valence-electron chi connectivity index (χ4n) is 2.23. The van der Waals surface area contributed by atoms with E-state index >= 15 is 0 Å². The van der Waals surface area contributed by atoms with Crippen LogP contribution >= 0.6 is 11.8 Å². The average Bonchev–Trinajstić information content (AvgIpc) is 2.67. The molecule has 28 heavy (non-hydrogen) atoms. The Balaban J connectivity index is 1.83. The SMILES string of the molecule is CC(C)C(=O)Nc1ccc(CNC(=O)C(C)Sc2ccc([N+](=O)[O-])cc2)cc1. The molecule has 0 spiro atoms. The fourth-order valence-corrected chi connectivity index (χ4v) is 3.12. The number of amides is 2. The lowest BCUT2D eigenvalue weighted by molar-refractivity contribution is -0.384. The van der Waals surface area contributed by atoms with Crippen LogP contribution in [0.25, 0.3) is 0 Å². The van der Waals surface area contributed by atoms with Crippen molar-refractivity contribution in [3.05, 3.63) is 64.2 Å². The molecule has 0 fully saturated rings. The Bertz CT molecular complexity index is 836. The molecule has 0 aromatic heterocycles. The van der Waals surface area contributed by atoms with Gasteiger partial charge in [0.25, 0.3) is 5.69 Å². The van der Waals surface area contributed by atoms with E-state index in [2.05, 4.69) is 10.6 Å². The van der Waals surface area contributed by atoms with E-state index in [9.17, 15) is 19.7 Å². The second kappa shape index (κ2) is 9.89. The van der Waals surface area contributed by atoms with Crippen LogP contribution in [0.5, 0.6) is 0 Å². The monoisotopic (exact) mass is 401 g/mol. The third-order valence-electron chi connectivity index (χ3n) is 3.94. The Morgan fingerprint density at radius 2 is 1.61 bits per heavy atom. The van der Waals surface area contributed by atoms with Crippen molar-refractivity contribution in [3.8, 4) is 0 Å². The number of carbonyl (C=O) groups is 2. The van der Waals surface area contributed by atoms with E-state index in [0.29, 0.717) is 6.54 Å². The summed E-state index contributed by atoms with van der Waals surface area (Å²) >= 11 is 1.34. The molecule has 0 aliphatic heterocycles. The van der Waals surface area contributed by atoms with Gasteiger partial charge in [-0.1, -0.05) is 26.0 Å². The molecule has 2 amide bonds. The molecule has 0 aliphatic rings. The van der Waals surface area contributed by atoms with Gasteiger partial charge in [-0.25, -0.2) is 0 Å². The number of nitrogens with one attached hydrogen (secondary N) is 2. The zero-order chi connectivity index (χ0) is 20.7. The van der Waals surface area contributed by atoms with Gasteiger partial charge in [0.2, 0.25) is 11.8 Å². The molecule has 7 nitrogen and oxygen atoms in total. The Morgan fingerprint density at radius 3 is 2.14 bits per heavy atom. The van der Waals surface area contributed by atoms with E-state index < -0.39 is 4.92 Å². The zero-order valence-electron chi connectivity index (χ0n) is 16.0. The summed E-state index contributed by atoms with van der Waals surface area (Å²) in [6.07, 6.45) is 0. The number of nitrogens with zero attached hydrogens (tertiary/aromatic N) is 1. The molecular weight excluding hydrogens is 378 g/mol. The Kier molecular flexibility index (Phi) is 7.57. The average molecular weight is 401 g/mol. The minimum absolute atomic E-state index is 0.0227. The molecule has 1 atom stereocenters. The van der Waals surface area contributed by atoms with E-state index in [0.717, 1.165) is 16.1 Å². The normalized spacial score (nSPS) is 11.7. The van der Waals surface area contributed by atoms with E-state index in [4.69, 9.17) is 0 Å². The van der Waals surface area contributed by atoms with Gasteiger partial charge in [-0.3, -0.25) is 19.7 Å². The quantitative estimate of drug-likeness (QED) is 0.396. The third kappa shape index (κ3) is 6.38. The topological polar surface area (TPSA) is 101 Å². The number of hydrogen-bond donors (Lipinski definition) is 2. The first-order valence-corrected chi connectivity index (χ1v) is 9.73. The first kappa shape index (κ1) is 21.4. The molecule has 0 aliphatic carbocycles. The summed E-state index contributed by atoms with van der Waals surface area (Å²) in [5.74, 6) is -0.257. The van der Waals surface area contributed by atoms with Crippen molar-refractivity contribution < 1.29 is 14.5 Å². The van der Waals surface area contributed by atoms with Gasteiger partial charge in [0.15, 0.2) is 0 Å². The molecule has 2 N–H and O–H groups in total. The first-order valence-electron chi connectivity index (χ1n) is 8.85. The number of nitro groups is 1. The van der Waals surface area contributed by atoms with Gasteiger partial charge in [-0.15, -0.1) is 11.8 Å². The highest BCUT2D eigenvalue weighted by Gasteiger charge is 2.15.